The molecule has 3 atom stereocenters. The lowest BCUT2D eigenvalue weighted by Crippen LogP contribution is -2.49. The number of likely N-dealkylation sites (tertiary alicyclic amines) is 1. The van der Waals surface area contributed by atoms with Crippen LogP contribution >= 0.6 is 0 Å². The monoisotopic (exact) mass is 455 g/mol. The third-order valence-electron chi connectivity index (χ3n) is 5.46. The third kappa shape index (κ3) is 7.08. The Kier molecular flexibility index (Phi) is 8.56. The standard InChI is InChI=1S/C21H30FN3O5S/c22-16-4-7-18(8-5-16)31(28,29)24-19-9-6-17(30-20(19)15-26)14-21(27)23-10-13-25-11-2-1-3-12-25/h4-9,17,19-20,24,26H,1-3,10-15H2,(H,23,27)/t17-,19-,20+/m0/s1. The van der Waals surface area contributed by atoms with Crippen molar-refractivity contribution < 1.29 is 27.4 Å². The van der Waals surface area contributed by atoms with Gasteiger partial charge in [0.1, 0.15) is 11.9 Å². The van der Waals surface area contributed by atoms with E-state index >= 15 is 0 Å². The Morgan fingerprint density at radius 3 is 2.55 bits per heavy atom. The molecule has 8 nitrogen and oxygen atoms in total. The number of aliphatic hydroxyl groups is 1. The van der Waals surface area contributed by atoms with Crippen LogP contribution in [0.25, 0.3) is 0 Å². The molecule has 10 heteroatoms. The fourth-order valence-electron chi connectivity index (χ4n) is 3.76. The Morgan fingerprint density at radius 1 is 1.16 bits per heavy atom. The summed E-state index contributed by atoms with van der Waals surface area (Å²) in [6, 6.07) is 3.64. The van der Waals surface area contributed by atoms with E-state index in [0.717, 1.165) is 43.9 Å². The molecule has 1 aromatic carbocycles. The van der Waals surface area contributed by atoms with Crippen LogP contribution in [0.2, 0.25) is 0 Å². The van der Waals surface area contributed by atoms with Crippen molar-refractivity contribution in [3.05, 3.63) is 42.2 Å². The normalized spacial score (nSPS) is 24.8. The minimum absolute atomic E-state index is 0.0877. The minimum Gasteiger partial charge on any atom is -0.394 e. The number of amides is 1. The predicted octanol–water partition coefficient (Wildman–Crippen LogP) is 0.781. The van der Waals surface area contributed by atoms with Gasteiger partial charge in [-0.15, -0.1) is 0 Å². The molecule has 2 heterocycles. The highest BCUT2D eigenvalue weighted by Crippen LogP contribution is 2.18. The highest BCUT2D eigenvalue weighted by molar-refractivity contribution is 7.89. The van der Waals surface area contributed by atoms with E-state index in [9.17, 15) is 22.7 Å². The van der Waals surface area contributed by atoms with Gasteiger partial charge in [-0.2, -0.15) is 0 Å². The van der Waals surface area contributed by atoms with E-state index in [0.29, 0.717) is 6.54 Å². The maximum Gasteiger partial charge on any atom is 0.241 e. The zero-order chi connectivity index (χ0) is 22.3. The molecule has 31 heavy (non-hydrogen) atoms. The lowest BCUT2D eigenvalue weighted by molar-refractivity contribution is -0.125. The van der Waals surface area contributed by atoms with Crippen LogP contribution in [0.4, 0.5) is 4.39 Å². The van der Waals surface area contributed by atoms with Crippen molar-refractivity contribution >= 4 is 15.9 Å². The highest BCUT2D eigenvalue weighted by atomic mass is 32.2. The second-order valence-electron chi connectivity index (χ2n) is 7.84. The van der Waals surface area contributed by atoms with Crippen molar-refractivity contribution in [1.82, 2.24) is 14.9 Å². The van der Waals surface area contributed by atoms with Crippen molar-refractivity contribution in [1.29, 1.82) is 0 Å². The zero-order valence-corrected chi connectivity index (χ0v) is 18.2. The molecule has 1 fully saturated rings. The first kappa shape index (κ1) is 23.8. The summed E-state index contributed by atoms with van der Waals surface area (Å²) in [4.78, 5) is 14.5. The van der Waals surface area contributed by atoms with Crippen LogP contribution < -0.4 is 10.0 Å². The minimum atomic E-state index is -3.93. The van der Waals surface area contributed by atoms with Gasteiger partial charge in [0, 0.05) is 13.1 Å². The Morgan fingerprint density at radius 2 is 1.87 bits per heavy atom. The molecular weight excluding hydrogens is 425 g/mol. The fourth-order valence-corrected chi connectivity index (χ4v) is 4.98. The average Bonchev–Trinajstić information content (AvgIpc) is 2.75. The number of halogens is 1. The highest BCUT2D eigenvalue weighted by Gasteiger charge is 2.31. The number of aliphatic hydroxyl groups excluding tert-OH is 1. The van der Waals surface area contributed by atoms with Gasteiger partial charge in [-0.25, -0.2) is 17.5 Å². The molecule has 0 bridgehead atoms. The molecule has 0 aliphatic carbocycles. The van der Waals surface area contributed by atoms with E-state index in [1.165, 1.54) is 19.3 Å². The number of hydrogen-bond acceptors (Lipinski definition) is 6. The van der Waals surface area contributed by atoms with Gasteiger partial charge in [-0.05, 0) is 50.2 Å². The van der Waals surface area contributed by atoms with E-state index in [4.69, 9.17) is 4.74 Å². The Hall–Kier alpha value is -1.85. The molecule has 3 N–H and O–H groups in total. The molecule has 2 aliphatic heterocycles. The van der Waals surface area contributed by atoms with Crippen LogP contribution in [0.5, 0.6) is 0 Å². The summed E-state index contributed by atoms with van der Waals surface area (Å²) in [7, 11) is -3.93. The summed E-state index contributed by atoms with van der Waals surface area (Å²) in [5.74, 6) is -0.696. The molecule has 172 valence electrons. The van der Waals surface area contributed by atoms with Crippen LogP contribution in [0.1, 0.15) is 25.7 Å². The van der Waals surface area contributed by atoms with E-state index in [2.05, 4.69) is 14.9 Å². The topological polar surface area (TPSA) is 108 Å². The molecule has 0 unspecified atom stereocenters. The van der Waals surface area contributed by atoms with E-state index in [1.807, 2.05) is 0 Å². The van der Waals surface area contributed by atoms with Crippen LogP contribution in [-0.4, -0.2) is 75.4 Å². The van der Waals surface area contributed by atoms with Gasteiger partial charge < -0.3 is 20.1 Å². The number of nitrogens with one attached hydrogen (secondary N) is 2. The largest absolute Gasteiger partial charge is 0.394 e. The fraction of sp³-hybridized carbons (Fsp3) is 0.571. The molecule has 0 saturated carbocycles. The van der Waals surface area contributed by atoms with Gasteiger partial charge in [-0.3, -0.25) is 4.79 Å². The number of rotatable bonds is 9. The number of carbonyl (C=O) groups is 1. The van der Waals surface area contributed by atoms with Crippen molar-refractivity contribution in [2.24, 2.45) is 0 Å². The molecule has 3 rings (SSSR count). The van der Waals surface area contributed by atoms with Crippen LogP contribution in [-0.2, 0) is 19.6 Å². The summed E-state index contributed by atoms with van der Waals surface area (Å²) < 4.78 is 46.2. The molecule has 0 radical (unpaired) electrons. The summed E-state index contributed by atoms with van der Waals surface area (Å²) in [6.45, 7) is 3.10. The molecular formula is C21H30FN3O5S. The second kappa shape index (κ2) is 11.1. The Balaban J connectivity index is 1.50. The first-order valence-corrected chi connectivity index (χ1v) is 12.1. The molecule has 1 saturated heterocycles. The van der Waals surface area contributed by atoms with Crippen LogP contribution in [0.3, 0.4) is 0 Å². The summed E-state index contributed by atoms with van der Waals surface area (Å²) in [6.07, 6.45) is 5.55. The lowest BCUT2D eigenvalue weighted by Gasteiger charge is -2.31. The van der Waals surface area contributed by atoms with Gasteiger partial charge in [-0.1, -0.05) is 18.6 Å². The zero-order valence-electron chi connectivity index (χ0n) is 17.4. The average molecular weight is 456 g/mol. The number of piperidine rings is 1. The molecule has 1 amide bonds. The molecule has 1 aromatic rings. The maximum atomic E-state index is 13.1. The first-order valence-electron chi connectivity index (χ1n) is 10.6. The Bertz CT molecular complexity index is 856. The summed E-state index contributed by atoms with van der Waals surface area (Å²) >= 11 is 0. The number of hydrogen-bond donors (Lipinski definition) is 3. The molecule has 2 aliphatic rings. The van der Waals surface area contributed by atoms with Crippen molar-refractivity contribution in [3.8, 4) is 0 Å². The van der Waals surface area contributed by atoms with Gasteiger partial charge in [0.05, 0.1) is 30.1 Å². The lowest BCUT2D eigenvalue weighted by atomic mass is 10.1. The Labute approximate surface area is 182 Å². The number of sulfonamides is 1. The third-order valence-corrected chi connectivity index (χ3v) is 6.94. The van der Waals surface area contributed by atoms with Crippen LogP contribution in [0.15, 0.2) is 41.3 Å². The molecule has 0 spiro atoms. The number of nitrogens with zero attached hydrogens (tertiary/aromatic N) is 1. The van der Waals surface area contributed by atoms with Gasteiger partial charge in [0.25, 0.3) is 0 Å². The quantitative estimate of drug-likeness (QED) is 0.475. The summed E-state index contributed by atoms with van der Waals surface area (Å²) in [5.41, 5.74) is 0. The first-order chi connectivity index (χ1) is 14.9. The van der Waals surface area contributed by atoms with Crippen molar-refractivity contribution in [2.75, 3.05) is 32.8 Å². The van der Waals surface area contributed by atoms with Gasteiger partial charge in [0.2, 0.25) is 15.9 Å². The van der Waals surface area contributed by atoms with Crippen molar-refractivity contribution in [3.63, 3.8) is 0 Å². The SMILES string of the molecule is O=C(C[C@@H]1C=C[C@H](NS(=O)(=O)c2ccc(F)cc2)[C@@H](CO)O1)NCCN1CCCCC1. The van der Waals surface area contributed by atoms with Gasteiger partial charge >= 0.3 is 0 Å². The number of ether oxygens (including phenoxy) is 1. The van der Waals surface area contributed by atoms with Crippen LogP contribution in [0, 0.1) is 5.82 Å². The smallest absolute Gasteiger partial charge is 0.241 e. The maximum absolute atomic E-state index is 13.1. The van der Waals surface area contributed by atoms with E-state index in [1.54, 1.807) is 12.2 Å². The van der Waals surface area contributed by atoms with E-state index in [-0.39, 0.29) is 17.2 Å². The summed E-state index contributed by atoms with van der Waals surface area (Å²) in [5, 5.41) is 12.5. The predicted molar refractivity (Wildman–Crippen MR) is 113 cm³/mol. The molecule has 0 aromatic heterocycles. The number of benzene rings is 1. The number of carbonyl (C=O) groups excluding carboxylic acids is 1. The van der Waals surface area contributed by atoms with Crippen molar-refractivity contribution in [2.45, 2.75) is 48.8 Å². The van der Waals surface area contributed by atoms with E-state index < -0.39 is 40.7 Å². The second-order valence-corrected chi connectivity index (χ2v) is 9.55. The van der Waals surface area contributed by atoms with Gasteiger partial charge in [0.15, 0.2) is 0 Å².